The molecule has 2 fully saturated rings. The third-order valence-electron chi connectivity index (χ3n) is 6.93. The van der Waals surface area contributed by atoms with Gasteiger partial charge in [0.2, 0.25) is 5.92 Å². The van der Waals surface area contributed by atoms with Gasteiger partial charge in [0, 0.05) is 43.8 Å². The molecule has 8 heteroatoms. The number of hydrogen-bond donors (Lipinski definition) is 2. The van der Waals surface area contributed by atoms with Crippen molar-refractivity contribution in [1.29, 1.82) is 0 Å². The maximum Gasteiger partial charge on any atom is 0.253 e. The van der Waals surface area contributed by atoms with E-state index in [9.17, 15) is 18.7 Å². The van der Waals surface area contributed by atoms with Gasteiger partial charge in [0.15, 0.2) is 0 Å². The van der Waals surface area contributed by atoms with Crippen LogP contribution in [0.2, 0.25) is 5.02 Å². The van der Waals surface area contributed by atoms with Crippen LogP contribution in [0.4, 0.5) is 14.6 Å². The van der Waals surface area contributed by atoms with Crippen molar-refractivity contribution >= 4 is 34.2 Å². The molecule has 0 unspecified atom stereocenters. The monoisotopic (exact) mass is 465 g/mol. The first-order chi connectivity index (χ1) is 15.0. The predicted molar refractivity (Wildman–Crippen MR) is 123 cm³/mol. The van der Waals surface area contributed by atoms with E-state index in [1.807, 2.05) is 26.0 Å². The number of aliphatic hydroxyl groups is 1. The summed E-state index contributed by atoms with van der Waals surface area (Å²) < 4.78 is 26.7. The van der Waals surface area contributed by atoms with Crippen LogP contribution in [-0.4, -0.2) is 47.2 Å². The van der Waals surface area contributed by atoms with Crippen LogP contribution in [-0.2, 0) is 0 Å². The Bertz CT molecular complexity index is 999. The van der Waals surface area contributed by atoms with E-state index >= 15 is 0 Å². The average molecular weight is 466 g/mol. The van der Waals surface area contributed by atoms with Crippen molar-refractivity contribution < 1.29 is 18.7 Å². The Balaban J connectivity index is 1.49. The van der Waals surface area contributed by atoms with Crippen LogP contribution in [0.15, 0.2) is 24.3 Å². The molecule has 2 aliphatic rings. The summed E-state index contributed by atoms with van der Waals surface area (Å²) in [5.74, 6) is -1.86. The van der Waals surface area contributed by atoms with Crippen LogP contribution in [0.25, 0.3) is 10.9 Å². The Kier molecular flexibility index (Phi) is 6.34. The maximum atomic E-state index is 13.4. The molecule has 1 atom stereocenters. The van der Waals surface area contributed by atoms with Crippen molar-refractivity contribution in [3.63, 3.8) is 0 Å². The number of nitrogens with one attached hydrogen (secondary N) is 1. The number of carbonyl (C=O) groups excluding carboxylic acids is 1. The number of fused-ring (bicyclic) bond motifs is 1. The quantitative estimate of drug-likeness (QED) is 0.649. The molecule has 4 rings (SSSR count). The molecule has 32 heavy (non-hydrogen) atoms. The van der Waals surface area contributed by atoms with E-state index in [0.29, 0.717) is 40.9 Å². The minimum Gasteiger partial charge on any atom is -0.390 e. The van der Waals surface area contributed by atoms with Crippen molar-refractivity contribution in [2.75, 3.05) is 24.5 Å². The van der Waals surface area contributed by atoms with Gasteiger partial charge in [-0.25, -0.2) is 13.8 Å². The second-order valence-corrected chi connectivity index (χ2v) is 10.2. The Morgan fingerprint density at radius 2 is 1.97 bits per heavy atom. The van der Waals surface area contributed by atoms with Gasteiger partial charge >= 0.3 is 0 Å². The highest BCUT2D eigenvalue weighted by atomic mass is 35.5. The fourth-order valence-corrected chi connectivity index (χ4v) is 5.00. The zero-order valence-electron chi connectivity index (χ0n) is 18.5. The summed E-state index contributed by atoms with van der Waals surface area (Å²) in [5.41, 5.74) is 0.291. The minimum absolute atomic E-state index is 0.0518. The van der Waals surface area contributed by atoms with Gasteiger partial charge in [-0.15, -0.1) is 0 Å². The summed E-state index contributed by atoms with van der Waals surface area (Å²) in [6, 6.07) is 7.20. The fourth-order valence-electron chi connectivity index (χ4n) is 4.75. The Hall–Kier alpha value is -1.99. The van der Waals surface area contributed by atoms with Crippen LogP contribution in [0, 0.1) is 11.8 Å². The molecule has 1 amide bonds. The van der Waals surface area contributed by atoms with E-state index < -0.39 is 11.5 Å². The molecular formula is C24H30ClF2N3O2. The number of benzene rings is 1. The number of pyridine rings is 1. The zero-order valence-corrected chi connectivity index (χ0v) is 19.3. The number of rotatable bonds is 5. The summed E-state index contributed by atoms with van der Waals surface area (Å²) in [5, 5.41) is 14.2. The van der Waals surface area contributed by atoms with Crippen molar-refractivity contribution in [1.82, 2.24) is 10.3 Å². The molecule has 1 aromatic heterocycles. The van der Waals surface area contributed by atoms with Crippen LogP contribution < -0.4 is 10.2 Å². The van der Waals surface area contributed by atoms with Gasteiger partial charge in [-0.1, -0.05) is 11.6 Å². The predicted octanol–water partition coefficient (Wildman–Crippen LogP) is 5.04. The van der Waals surface area contributed by atoms with Crippen molar-refractivity contribution in [3.05, 3.63) is 34.9 Å². The van der Waals surface area contributed by atoms with Crippen LogP contribution in [0.1, 0.15) is 56.3 Å². The summed E-state index contributed by atoms with van der Waals surface area (Å²) in [7, 11) is 0. The topological polar surface area (TPSA) is 65.5 Å². The molecule has 1 aliphatic heterocycles. The number of amides is 1. The SMILES string of the molecule is CC(C)(O)[C@@H]1CCN(c2ccc3c(C(=O)NCC4CCC(F)(F)CC4)c(Cl)ccc3n2)C1. The molecule has 1 aliphatic carbocycles. The highest BCUT2D eigenvalue weighted by Crippen LogP contribution is 2.36. The molecule has 2 heterocycles. The van der Waals surface area contributed by atoms with Gasteiger partial charge in [-0.2, -0.15) is 0 Å². The molecule has 1 saturated carbocycles. The lowest BCUT2D eigenvalue weighted by Crippen LogP contribution is -2.34. The first-order valence-corrected chi connectivity index (χ1v) is 11.6. The molecule has 0 bridgehead atoms. The van der Waals surface area contributed by atoms with E-state index in [2.05, 4.69) is 10.2 Å². The molecular weight excluding hydrogens is 436 g/mol. The fraction of sp³-hybridized carbons (Fsp3) is 0.583. The normalized spacial score (nSPS) is 21.8. The van der Waals surface area contributed by atoms with Gasteiger partial charge in [0.1, 0.15) is 5.82 Å². The standard InChI is InChI=1S/C24H30ClF2N3O2/c1-23(2,32)16-9-12-30(14-16)20-6-3-17-19(29-20)5-4-18(25)21(17)22(31)28-13-15-7-10-24(26,27)11-8-15/h3-6,15-16,32H,7-14H2,1-2H3,(H,28,31)/t16-/m1/s1. The van der Waals surface area contributed by atoms with Crippen molar-refractivity contribution in [2.45, 2.75) is 57.5 Å². The van der Waals surface area contributed by atoms with Gasteiger partial charge < -0.3 is 15.3 Å². The molecule has 1 saturated heterocycles. The zero-order chi connectivity index (χ0) is 23.1. The first kappa shape index (κ1) is 23.2. The average Bonchev–Trinajstić information content (AvgIpc) is 3.23. The molecule has 5 nitrogen and oxygen atoms in total. The second kappa shape index (κ2) is 8.75. The van der Waals surface area contributed by atoms with E-state index in [4.69, 9.17) is 16.6 Å². The second-order valence-electron chi connectivity index (χ2n) is 9.75. The lowest BCUT2D eigenvalue weighted by Gasteiger charge is -2.28. The van der Waals surface area contributed by atoms with Gasteiger partial charge in [-0.05, 0) is 63.3 Å². The van der Waals surface area contributed by atoms with E-state index in [0.717, 1.165) is 25.3 Å². The summed E-state index contributed by atoms with van der Waals surface area (Å²) in [4.78, 5) is 19.8. The summed E-state index contributed by atoms with van der Waals surface area (Å²) in [6.45, 7) is 5.57. The van der Waals surface area contributed by atoms with Crippen LogP contribution in [0.5, 0.6) is 0 Å². The van der Waals surface area contributed by atoms with E-state index in [1.165, 1.54) is 0 Å². The highest BCUT2D eigenvalue weighted by molar-refractivity contribution is 6.35. The largest absolute Gasteiger partial charge is 0.390 e. The first-order valence-electron chi connectivity index (χ1n) is 11.3. The van der Waals surface area contributed by atoms with Gasteiger partial charge in [0.25, 0.3) is 5.91 Å². The number of hydrogen-bond acceptors (Lipinski definition) is 4. The number of alkyl halides is 2. The molecule has 2 aromatic rings. The molecule has 174 valence electrons. The molecule has 0 spiro atoms. The van der Waals surface area contributed by atoms with Crippen LogP contribution in [0.3, 0.4) is 0 Å². The van der Waals surface area contributed by atoms with Crippen molar-refractivity contribution in [2.24, 2.45) is 11.8 Å². The Morgan fingerprint density at radius 1 is 1.25 bits per heavy atom. The Labute approximate surface area is 192 Å². The summed E-state index contributed by atoms with van der Waals surface area (Å²) in [6.07, 6.45) is 1.45. The number of anilines is 1. The third kappa shape index (κ3) is 4.99. The van der Waals surface area contributed by atoms with Gasteiger partial charge in [0.05, 0.1) is 21.7 Å². The van der Waals surface area contributed by atoms with Gasteiger partial charge in [-0.3, -0.25) is 4.79 Å². The summed E-state index contributed by atoms with van der Waals surface area (Å²) >= 11 is 6.37. The number of nitrogens with zero attached hydrogens (tertiary/aromatic N) is 2. The molecule has 1 aromatic carbocycles. The highest BCUT2D eigenvalue weighted by Gasteiger charge is 2.35. The molecule has 0 radical (unpaired) electrons. The smallest absolute Gasteiger partial charge is 0.253 e. The Morgan fingerprint density at radius 3 is 2.62 bits per heavy atom. The lowest BCUT2D eigenvalue weighted by molar-refractivity contribution is -0.0452. The number of aromatic nitrogens is 1. The number of carbonyl (C=O) groups is 1. The van der Waals surface area contributed by atoms with Crippen LogP contribution >= 0.6 is 11.6 Å². The number of halogens is 3. The van der Waals surface area contributed by atoms with Crippen molar-refractivity contribution in [3.8, 4) is 0 Å². The van der Waals surface area contributed by atoms with E-state index in [-0.39, 0.29) is 30.6 Å². The third-order valence-corrected chi connectivity index (χ3v) is 7.25. The maximum absolute atomic E-state index is 13.4. The minimum atomic E-state index is -2.58. The molecule has 2 N–H and O–H groups in total. The lowest BCUT2D eigenvalue weighted by atomic mass is 9.87. The van der Waals surface area contributed by atoms with E-state index in [1.54, 1.807) is 12.1 Å².